The molecule has 0 bridgehead atoms. The second-order valence-electron chi connectivity index (χ2n) is 6.53. The van der Waals surface area contributed by atoms with E-state index in [-0.39, 0.29) is 17.7 Å². The zero-order chi connectivity index (χ0) is 14.6. The molecule has 1 saturated carbocycles. The van der Waals surface area contributed by atoms with E-state index in [9.17, 15) is 14.7 Å². The Bertz CT molecular complexity index is 336. The van der Waals surface area contributed by atoms with E-state index < -0.39 is 17.4 Å². The number of carboxylic acid groups (broad SMARTS) is 1. The number of carbonyl (C=O) groups is 2. The van der Waals surface area contributed by atoms with Gasteiger partial charge in [0.2, 0.25) is 5.91 Å². The highest BCUT2D eigenvalue weighted by Crippen LogP contribution is 2.30. The van der Waals surface area contributed by atoms with E-state index in [1.807, 2.05) is 20.8 Å². The highest BCUT2D eigenvalue weighted by atomic mass is 16.4. The molecule has 19 heavy (non-hydrogen) atoms. The van der Waals surface area contributed by atoms with Gasteiger partial charge in [-0.05, 0) is 30.7 Å². The Hall–Kier alpha value is -1.10. The predicted molar refractivity (Wildman–Crippen MR) is 73.5 cm³/mol. The van der Waals surface area contributed by atoms with Gasteiger partial charge >= 0.3 is 5.97 Å². The van der Waals surface area contributed by atoms with Crippen molar-refractivity contribution in [2.45, 2.75) is 52.5 Å². The number of nitrogens with two attached hydrogens (primary N) is 1. The number of nitrogens with one attached hydrogen (secondary N) is 1. The minimum atomic E-state index is -0.985. The van der Waals surface area contributed by atoms with Crippen LogP contribution in [0.25, 0.3) is 0 Å². The van der Waals surface area contributed by atoms with Crippen LogP contribution in [0.5, 0.6) is 0 Å². The van der Waals surface area contributed by atoms with Crippen molar-refractivity contribution < 1.29 is 14.7 Å². The maximum Gasteiger partial charge on any atom is 0.326 e. The lowest BCUT2D eigenvalue weighted by molar-refractivity contribution is -0.146. The number of rotatable bonds is 4. The zero-order valence-electron chi connectivity index (χ0n) is 12.1. The van der Waals surface area contributed by atoms with Gasteiger partial charge in [-0.1, -0.05) is 33.6 Å². The van der Waals surface area contributed by atoms with E-state index in [2.05, 4.69) is 5.32 Å². The summed E-state index contributed by atoms with van der Waals surface area (Å²) in [7, 11) is 0. The molecule has 0 aromatic heterocycles. The Morgan fingerprint density at radius 3 is 2.37 bits per heavy atom. The molecule has 3 atom stereocenters. The summed E-state index contributed by atoms with van der Waals surface area (Å²) in [5, 5.41) is 11.9. The quantitative estimate of drug-likeness (QED) is 0.719. The van der Waals surface area contributed by atoms with Crippen LogP contribution in [0.1, 0.15) is 46.5 Å². The molecule has 0 aromatic rings. The van der Waals surface area contributed by atoms with E-state index in [0.717, 1.165) is 25.7 Å². The standard InChI is InChI=1S/C14H26N2O3/c1-14(2,3)11(13(18)19)16-12(17)10-7-5-4-6-9(10)8-15/h9-11H,4-8,15H2,1-3H3,(H,16,17)(H,18,19). The third-order valence-electron chi connectivity index (χ3n) is 3.95. The molecule has 1 aliphatic carbocycles. The zero-order valence-corrected chi connectivity index (χ0v) is 12.1. The monoisotopic (exact) mass is 270 g/mol. The Morgan fingerprint density at radius 2 is 1.89 bits per heavy atom. The molecule has 3 unspecified atom stereocenters. The summed E-state index contributed by atoms with van der Waals surface area (Å²) in [6.07, 6.45) is 3.89. The Labute approximate surface area is 114 Å². The molecule has 1 rings (SSSR count). The smallest absolute Gasteiger partial charge is 0.326 e. The van der Waals surface area contributed by atoms with Gasteiger partial charge in [0.05, 0.1) is 0 Å². The van der Waals surface area contributed by atoms with Crippen LogP contribution in [0.2, 0.25) is 0 Å². The number of amides is 1. The number of aliphatic carboxylic acids is 1. The van der Waals surface area contributed by atoms with Crippen molar-refractivity contribution in [2.24, 2.45) is 23.0 Å². The van der Waals surface area contributed by atoms with Crippen molar-refractivity contribution in [3.05, 3.63) is 0 Å². The second-order valence-corrected chi connectivity index (χ2v) is 6.53. The third kappa shape index (κ3) is 4.20. The van der Waals surface area contributed by atoms with Crippen LogP contribution in [-0.2, 0) is 9.59 Å². The summed E-state index contributed by atoms with van der Waals surface area (Å²) in [5.74, 6) is -1.09. The van der Waals surface area contributed by atoms with E-state index in [0.29, 0.717) is 6.54 Å². The van der Waals surface area contributed by atoms with Crippen molar-refractivity contribution in [1.82, 2.24) is 5.32 Å². The van der Waals surface area contributed by atoms with Crippen molar-refractivity contribution in [3.8, 4) is 0 Å². The maximum atomic E-state index is 12.3. The summed E-state index contributed by atoms with van der Waals surface area (Å²) in [4.78, 5) is 23.6. The summed E-state index contributed by atoms with van der Waals surface area (Å²) < 4.78 is 0. The average Bonchev–Trinajstić information content (AvgIpc) is 2.33. The third-order valence-corrected chi connectivity index (χ3v) is 3.95. The van der Waals surface area contributed by atoms with Crippen molar-refractivity contribution >= 4 is 11.9 Å². The van der Waals surface area contributed by atoms with Gasteiger partial charge in [-0.25, -0.2) is 4.79 Å². The summed E-state index contributed by atoms with van der Waals surface area (Å²) >= 11 is 0. The van der Waals surface area contributed by atoms with Crippen molar-refractivity contribution in [2.75, 3.05) is 6.54 Å². The SMILES string of the molecule is CC(C)(C)C(NC(=O)C1CCCCC1CN)C(=O)O. The van der Waals surface area contributed by atoms with Gasteiger partial charge in [0.15, 0.2) is 0 Å². The van der Waals surface area contributed by atoms with Crippen molar-refractivity contribution in [3.63, 3.8) is 0 Å². The van der Waals surface area contributed by atoms with Crippen molar-refractivity contribution in [1.29, 1.82) is 0 Å². The first-order chi connectivity index (χ1) is 8.77. The second kappa shape index (κ2) is 6.37. The molecular weight excluding hydrogens is 244 g/mol. The molecule has 1 amide bonds. The van der Waals surface area contributed by atoms with Gasteiger partial charge in [-0.15, -0.1) is 0 Å². The average molecular weight is 270 g/mol. The molecule has 0 spiro atoms. The van der Waals surface area contributed by atoms with Crippen LogP contribution < -0.4 is 11.1 Å². The molecular formula is C14H26N2O3. The lowest BCUT2D eigenvalue weighted by Gasteiger charge is -2.33. The fourth-order valence-electron chi connectivity index (χ4n) is 2.73. The first-order valence-electron chi connectivity index (χ1n) is 7.00. The normalized spacial score (nSPS) is 25.7. The molecule has 1 fully saturated rings. The summed E-state index contributed by atoms with van der Waals surface area (Å²) in [6, 6.07) is -0.861. The number of carbonyl (C=O) groups excluding carboxylic acids is 1. The van der Waals surface area contributed by atoms with E-state index in [1.165, 1.54) is 0 Å². The minimum absolute atomic E-state index is 0.136. The Balaban J connectivity index is 2.73. The predicted octanol–water partition coefficient (Wildman–Crippen LogP) is 1.37. The topological polar surface area (TPSA) is 92.4 Å². The van der Waals surface area contributed by atoms with E-state index >= 15 is 0 Å². The summed E-state index contributed by atoms with van der Waals surface area (Å²) in [5.41, 5.74) is 5.21. The molecule has 110 valence electrons. The van der Waals surface area contributed by atoms with Crippen LogP contribution in [0.15, 0.2) is 0 Å². The molecule has 1 aliphatic rings. The molecule has 0 aromatic carbocycles. The molecule has 5 nitrogen and oxygen atoms in total. The molecule has 0 heterocycles. The molecule has 4 N–H and O–H groups in total. The van der Waals surface area contributed by atoms with Gasteiger partial charge < -0.3 is 16.2 Å². The van der Waals surface area contributed by atoms with E-state index in [4.69, 9.17) is 5.73 Å². The molecule has 0 aliphatic heterocycles. The largest absolute Gasteiger partial charge is 0.480 e. The number of hydrogen-bond donors (Lipinski definition) is 3. The summed E-state index contributed by atoms with van der Waals surface area (Å²) in [6.45, 7) is 5.93. The first-order valence-corrected chi connectivity index (χ1v) is 7.00. The van der Waals surface area contributed by atoms with Crippen LogP contribution >= 0.6 is 0 Å². The van der Waals surface area contributed by atoms with Gasteiger partial charge in [0.25, 0.3) is 0 Å². The number of hydrogen-bond acceptors (Lipinski definition) is 3. The van der Waals surface area contributed by atoms with Gasteiger partial charge in [0.1, 0.15) is 6.04 Å². The first kappa shape index (κ1) is 16.0. The molecule has 0 saturated heterocycles. The Kier molecular flexibility index (Phi) is 5.35. The molecule has 5 heteroatoms. The van der Waals surface area contributed by atoms with Crippen LogP contribution in [-0.4, -0.2) is 29.6 Å². The van der Waals surface area contributed by atoms with Crippen LogP contribution in [0, 0.1) is 17.3 Å². The van der Waals surface area contributed by atoms with Crippen LogP contribution in [0.3, 0.4) is 0 Å². The van der Waals surface area contributed by atoms with Gasteiger partial charge in [0, 0.05) is 5.92 Å². The number of carboxylic acids is 1. The highest BCUT2D eigenvalue weighted by molar-refractivity contribution is 5.85. The highest BCUT2D eigenvalue weighted by Gasteiger charge is 2.36. The maximum absolute atomic E-state index is 12.3. The lowest BCUT2D eigenvalue weighted by atomic mass is 9.78. The Morgan fingerprint density at radius 1 is 1.32 bits per heavy atom. The van der Waals surface area contributed by atoms with E-state index in [1.54, 1.807) is 0 Å². The van der Waals surface area contributed by atoms with Gasteiger partial charge in [-0.2, -0.15) is 0 Å². The van der Waals surface area contributed by atoms with Crippen LogP contribution in [0.4, 0.5) is 0 Å². The fourth-order valence-corrected chi connectivity index (χ4v) is 2.73. The fraction of sp³-hybridized carbons (Fsp3) is 0.857. The lowest BCUT2D eigenvalue weighted by Crippen LogP contribution is -2.52. The minimum Gasteiger partial charge on any atom is -0.480 e. The molecule has 0 radical (unpaired) electrons. The van der Waals surface area contributed by atoms with Gasteiger partial charge in [-0.3, -0.25) is 4.79 Å².